The van der Waals surface area contributed by atoms with Crippen molar-refractivity contribution in [2.45, 2.75) is 27.2 Å². The van der Waals surface area contributed by atoms with Gasteiger partial charge < -0.3 is 10.4 Å². The van der Waals surface area contributed by atoms with Gasteiger partial charge in [0.2, 0.25) is 5.91 Å². The van der Waals surface area contributed by atoms with Gasteiger partial charge in [-0.3, -0.25) is 4.79 Å². The van der Waals surface area contributed by atoms with Crippen molar-refractivity contribution in [1.82, 2.24) is 5.32 Å². The summed E-state index contributed by atoms with van der Waals surface area (Å²) in [7, 11) is 0. The minimum atomic E-state index is 0.0508. The molecule has 1 amide bonds. The smallest absolute Gasteiger partial charge is 0.223 e. The Hall–Kier alpha value is -1.51. The Bertz CT molecular complexity index is 357. The molecule has 0 spiro atoms. The molecule has 1 unspecified atom stereocenters. The lowest BCUT2D eigenvalue weighted by Crippen LogP contribution is -2.33. The van der Waals surface area contributed by atoms with Crippen LogP contribution in [-0.2, 0) is 11.2 Å². The first kappa shape index (κ1) is 13.6. The van der Waals surface area contributed by atoms with Crippen LogP contribution < -0.4 is 5.32 Å². The van der Waals surface area contributed by atoms with E-state index in [0.29, 0.717) is 12.5 Å². The highest BCUT2D eigenvalue weighted by Crippen LogP contribution is 2.11. The van der Waals surface area contributed by atoms with Gasteiger partial charge in [0.1, 0.15) is 5.75 Å². The Balaban J connectivity index is 2.33. The van der Waals surface area contributed by atoms with Gasteiger partial charge in [-0.25, -0.2) is 0 Å². The molecule has 3 heteroatoms. The molecule has 1 aromatic rings. The number of hydrogen-bond donors (Lipinski definition) is 2. The number of hydrogen-bond acceptors (Lipinski definition) is 2. The second kappa shape index (κ2) is 6.28. The third-order valence-electron chi connectivity index (χ3n) is 3.06. The lowest BCUT2D eigenvalue weighted by atomic mass is 9.97. The van der Waals surface area contributed by atoms with Crippen LogP contribution in [0.1, 0.15) is 26.3 Å². The molecule has 0 saturated carbocycles. The topological polar surface area (TPSA) is 49.3 Å². The first-order chi connectivity index (χ1) is 8.00. The van der Waals surface area contributed by atoms with Gasteiger partial charge in [-0.2, -0.15) is 0 Å². The van der Waals surface area contributed by atoms with E-state index in [1.807, 2.05) is 32.9 Å². The summed E-state index contributed by atoms with van der Waals surface area (Å²) in [6.45, 7) is 6.68. The minimum Gasteiger partial charge on any atom is -0.508 e. The van der Waals surface area contributed by atoms with E-state index in [1.165, 1.54) is 0 Å². The van der Waals surface area contributed by atoms with Crippen LogP contribution in [0.5, 0.6) is 5.75 Å². The van der Waals surface area contributed by atoms with Gasteiger partial charge in [0.25, 0.3) is 0 Å². The van der Waals surface area contributed by atoms with Crippen LogP contribution in [0.15, 0.2) is 24.3 Å². The lowest BCUT2D eigenvalue weighted by molar-refractivity contribution is -0.125. The highest BCUT2D eigenvalue weighted by atomic mass is 16.3. The van der Waals surface area contributed by atoms with E-state index in [0.717, 1.165) is 12.0 Å². The van der Waals surface area contributed by atoms with Crippen molar-refractivity contribution in [2.24, 2.45) is 11.8 Å². The van der Waals surface area contributed by atoms with E-state index in [4.69, 9.17) is 5.11 Å². The van der Waals surface area contributed by atoms with Crippen molar-refractivity contribution in [3.63, 3.8) is 0 Å². The average molecular weight is 235 g/mol. The van der Waals surface area contributed by atoms with Gasteiger partial charge in [0, 0.05) is 12.5 Å². The molecule has 0 aliphatic rings. The number of rotatable bonds is 5. The van der Waals surface area contributed by atoms with Crippen molar-refractivity contribution in [2.75, 3.05) is 6.54 Å². The largest absolute Gasteiger partial charge is 0.508 e. The Labute approximate surface area is 103 Å². The molecule has 0 aromatic heterocycles. The number of carbonyl (C=O) groups excluding carboxylic acids is 1. The summed E-state index contributed by atoms with van der Waals surface area (Å²) in [6.07, 6.45) is 0.789. The summed E-state index contributed by atoms with van der Waals surface area (Å²) in [6, 6.07) is 7.06. The molecule has 2 N–H and O–H groups in total. The summed E-state index contributed by atoms with van der Waals surface area (Å²) >= 11 is 0. The predicted octanol–water partition coefficient (Wildman–Crippen LogP) is 2.34. The molecule has 0 fully saturated rings. The SMILES string of the molecule is CC(C)C(C)C(=O)NCCc1ccc(O)cc1. The second-order valence-electron chi connectivity index (χ2n) is 4.74. The zero-order valence-corrected chi connectivity index (χ0v) is 10.7. The second-order valence-corrected chi connectivity index (χ2v) is 4.74. The van der Waals surface area contributed by atoms with E-state index in [1.54, 1.807) is 12.1 Å². The van der Waals surface area contributed by atoms with Crippen molar-refractivity contribution in [3.05, 3.63) is 29.8 Å². The van der Waals surface area contributed by atoms with Crippen LogP contribution >= 0.6 is 0 Å². The van der Waals surface area contributed by atoms with E-state index >= 15 is 0 Å². The van der Waals surface area contributed by atoms with Crippen LogP contribution in [-0.4, -0.2) is 17.6 Å². The van der Waals surface area contributed by atoms with Gasteiger partial charge in [-0.05, 0) is 30.0 Å². The standard InChI is InChI=1S/C14H21NO2/c1-10(2)11(3)14(17)15-9-8-12-4-6-13(16)7-5-12/h4-7,10-11,16H,8-9H2,1-3H3,(H,15,17). The Morgan fingerprint density at radius 1 is 1.24 bits per heavy atom. The highest BCUT2D eigenvalue weighted by molar-refractivity contribution is 5.78. The normalized spacial score (nSPS) is 12.5. The van der Waals surface area contributed by atoms with Crippen LogP contribution in [0.25, 0.3) is 0 Å². The van der Waals surface area contributed by atoms with Gasteiger partial charge in [0.15, 0.2) is 0 Å². The van der Waals surface area contributed by atoms with Crippen LogP contribution in [0.2, 0.25) is 0 Å². The van der Waals surface area contributed by atoms with Gasteiger partial charge >= 0.3 is 0 Å². The first-order valence-electron chi connectivity index (χ1n) is 6.06. The predicted molar refractivity (Wildman–Crippen MR) is 68.8 cm³/mol. The van der Waals surface area contributed by atoms with Gasteiger partial charge in [0.05, 0.1) is 0 Å². The fourth-order valence-corrected chi connectivity index (χ4v) is 1.46. The van der Waals surface area contributed by atoms with Crippen molar-refractivity contribution in [1.29, 1.82) is 0 Å². The number of carbonyl (C=O) groups is 1. The molecule has 17 heavy (non-hydrogen) atoms. The lowest BCUT2D eigenvalue weighted by Gasteiger charge is -2.15. The Kier molecular flexibility index (Phi) is 5.01. The van der Waals surface area contributed by atoms with Crippen molar-refractivity contribution < 1.29 is 9.90 Å². The first-order valence-corrected chi connectivity index (χ1v) is 6.06. The number of phenols is 1. The Morgan fingerprint density at radius 3 is 2.35 bits per heavy atom. The molecule has 0 bridgehead atoms. The van der Waals surface area contributed by atoms with Gasteiger partial charge in [-0.15, -0.1) is 0 Å². The Morgan fingerprint density at radius 2 is 1.82 bits per heavy atom. The van der Waals surface area contributed by atoms with E-state index < -0.39 is 0 Å². The third kappa shape index (κ3) is 4.47. The average Bonchev–Trinajstić information content (AvgIpc) is 2.30. The fraction of sp³-hybridized carbons (Fsp3) is 0.500. The molecule has 1 atom stereocenters. The van der Waals surface area contributed by atoms with Crippen LogP contribution in [0.4, 0.5) is 0 Å². The molecule has 94 valence electrons. The third-order valence-corrected chi connectivity index (χ3v) is 3.06. The molecule has 1 rings (SSSR count). The fourth-order valence-electron chi connectivity index (χ4n) is 1.46. The van der Waals surface area contributed by atoms with E-state index in [9.17, 15) is 4.79 Å². The summed E-state index contributed by atoms with van der Waals surface area (Å²) in [4.78, 5) is 11.7. The number of aromatic hydroxyl groups is 1. The molecule has 0 saturated heterocycles. The quantitative estimate of drug-likeness (QED) is 0.823. The minimum absolute atomic E-state index is 0.0508. The monoisotopic (exact) mass is 235 g/mol. The maximum absolute atomic E-state index is 11.7. The maximum Gasteiger partial charge on any atom is 0.223 e. The summed E-state index contributed by atoms with van der Waals surface area (Å²) in [5.74, 6) is 0.795. The number of phenolic OH excluding ortho intramolecular Hbond substituents is 1. The van der Waals surface area contributed by atoms with Crippen LogP contribution in [0, 0.1) is 11.8 Å². The molecule has 0 heterocycles. The molecular formula is C14H21NO2. The number of benzene rings is 1. The highest BCUT2D eigenvalue weighted by Gasteiger charge is 2.15. The molecule has 1 aromatic carbocycles. The zero-order chi connectivity index (χ0) is 12.8. The van der Waals surface area contributed by atoms with Crippen molar-refractivity contribution >= 4 is 5.91 Å². The zero-order valence-electron chi connectivity index (χ0n) is 10.7. The summed E-state index contributed by atoms with van der Waals surface area (Å²) < 4.78 is 0. The molecule has 0 aliphatic heterocycles. The molecule has 0 aliphatic carbocycles. The molecular weight excluding hydrogens is 214 g/mol. The maximum atomic E-state index is 11.7. The summed E-state index contributed by atoms with van der Waals surface area (Å²) in [5, 5.41) is 12.1. The van der Waals surface area contributed by atoms with Gasteiger partial charge in [-0.1, -0.05) is 32.9 Å². The number of amides is 1. The molecule has 0 radical (unpaired) electrons. The van der Waals surface area contributed by atoms with Crippen molar-refractivity contribution in [3.8, 4) is 5.75 Å². The molecule has 3 nitrogen and oxygen atoms in total. The van der Waals surface area contributed by atoms with Crippen LogP contribution in [0.3, 0.4) is 0 Å². The summed E-state index contributed by atoms with van der Waals surface area (Å²) in [5.41, 5.74) is 1.11. The van der Waals surface area contributed by atoms with E-state index in [2.05, 4.69) is 5.32 Å². The van der Waals surface area contributed by atoms with E-state index in [-0.39, 0.29) is 17.6 Å². The number of nitrogens with one attached hydrogen (secondary N) is 1.